The van der Waals surface area contributed by atoms with Crippen molar-refractivity contribution in [2.75, 3.05) is 11.1 Å². The molecule has 1 saturated carbocycles. The van der Waals surface area contributed by atoms with Gasteiger partial charge in [-0.15, -0.1) is 0 Å². The van der Waals surface area contributed by atoms with E-state index in [4.69, 9.17) is 0 Å². The predicted octanol–water partition coefficient (Wildman–Crippen LogP) is 2.02. The highest BCUT2D eigenvalue weighted by atomic mass is 79.9. The summed E-state index contributed by atoms with van der Waals surface area (Å²) in [5.41, 5.74) is -0.200. The normalized spacial score (nSPS) is 21.3. The lowest BCUT2D eigenvalue weighted by molar-refractivity contribution is 0.437. The molecule has 1 aliphatic carbocycles. The van der Waals surface area contributed by atoms with E-state index >= 15 is 0 Å². The highest BCUT2D eigenvalue weighted by molar-refractivity contribution is 9.09. The summed E-state index contributed by atoms with van der Waals surface area (Å²) >= 11 is 3.41. The first-order valence-corrected chi connectivity index (χ1v) is 7.88. The standard InChI is InChI=1S/C9H18BrNO2S/c1-2-7-14(12,13)11-9(8-10)5-3-4-6-9/h11H,2-8H2,1H3. The molecule has 0 saturated heterocycles. The van der Waals surface area contributed by atoms with Gasteiger partial charge in [0, 0.05) is 10.9 Å². The van der Waals surface area contributed by atoms with Crippen LogP contribution in [0, 0.1) is 0 Å². The van der Waals surface area contributed by atoms with Gasteiger partial charge in [-0.05, 0) is 19.3 Å². The molecule has 0 unspecified atom stereocenters. The molecule has 0 aromatic rings. The Kier molecular flexibility index (Phi) is 4.40. The van der Waals surface area contributed by atoms with Crippen molar-refractivity contribution in [2.24, 2.45) is 0 Å². The number of halogens is 1. The highest BCUT2D eigenvalue weighted by Crippen LogP contribution is 2.31. The fourth-order valence-corrected chi connectivity index (χ4v) is 4.43. The van der Waals surface area contributed by atoms with Crippen LogP contribution in [0.15, 0.2) is 0 Å². The summed E-state index contributed by atoms with van der Waals surface area (Å²) in [6.45, 7) is 1.88. The van der Waals surface area contributed by atoms with E-state index in [1.165, 1.54) is 0 Å². The van der Waals surface area contributed by atoms with Gasteiger partial charge in [-0.2, -0.15) is 0 Å². The van der Waals surface area contributed by atoms with Crippen LogP contribution in [0.3, 0.4) is 0 Å². The molecule has 0 radical (unpaired) electrons. The van der Waals surface area contributed by atoms with Crippen molar-refractivity contribution in [3.8, 4) is 0 Å². The summed E-state index contributed by atoms with van der Waals surface area (Å²) in [6.07, 6.45) is 4.84. The second kappa shape index (κ2) is 4.94. The number of nitrogens with one attached hydrogen (secondary N) is 1. The first kappa shape index (κ1) is 12.5. The van der Waals surface area contributed by atoms with Gasteiger partial charge >= 0.3 is 0 Å². The van der Waals surface area contributed by atoms with Crippen LogP contribution in [0.2, 0.25) is 0 Å². The minimum atomic E-state index is -3.07. The molecule has 3 nitrogen and oxygen atoms in total. The predicted molar refractivity (Wildman–Crippen MR) is 62.2 cm³/mol. The van der Waals surface area contributed by atoms with Gasteiger partial charge in [0.15, 0.2) is 0 Å². The van der Waals surface area contributed by atoms with E-state index in [9.17, 15) is 8.42 Å². The number of hydrogen-bond donors (Lipinski definition) is 1. The molecule has 0 aromatic carbocycles. The van der Waals surface area contributed by atoms with Gasteiger partial charge in [0.25, 0.3) is 0 Å². The maximum atomic E-state index is 11.6. The zero-order chi connectivity index (χ0) is 10.7. The van der Waals surface area contributed by atoms with Crippen LogP contribution in [0.4, 0.5) is 0 Å². The van der Waals surface area contributed by atoms with Crippen molar-refractivity contribution in [3.05, 3.63) is 0 Å². The van der Waals surface area contributed by atoms with Crippen molar-refractivity contribution >= 4 is 26.0 Å². The minimum Gasteiger partial charge on any atom is -0.212 e. The van der Waals surface area contributed by atoms with Crippen LogP contribution in [0.25, 0.3) is 0 Å². The van der Waals surface area contributed by atoms with Gasteiger partial charge in [0.1, 0.15) is 0 Å². The molecule has 0 spiro atoms. The molecule has 0 aliphatic heterocycles. The summed E-state index contributed by atoms with van der Waals surface area (Å²) in [5.74, 6) is 0.238. The smallest absolute Gasteiger partial charge is 0.212 e. The molecule has 1 aliphatic rings. The zero-order valence-electron chi connectivity index (χ0n) is 8.55. The van der Waals surface area contributed by atoms with Gasteiger partial charge in [-0.25, -0.2) is 13.1 Å². The number of alkyl halides is 1. The Bertz CT molecular complexity index is 271. The van der Waals surface area contributed by atoms with Crippen LogP contribution in [-0.2, 0) is 10.0 Å². The van der Waals surface area contributed by atoms with Gasteiger partial charge in [-0.3, -0.25) is 0 Å². The molecule has 0 amide bonds. The molecular formula is C9H18BrNO2S. The average molecular weight is 284 g/mol. The Balaban J connectivity index is 2.64. The fraction of sp³-hybridized carbons (Fsp3) is 1.00. The molecular weight excluding hydrogens is 266 g/mol. The second-order valence-electron chi connectivity index (χ2n) is 4.04. The van der Waals surface area contributed by atoms with Crippen LogP contribution >= 0.6 is 15.9 Å². The number of sulfonamides is 1. The van der Waals surface area contributed by atoms with Crippen LogP contribution < -0.4 is 4.72 Å². The topological polar surface area (TPSA) is 46.2 Å². The lowest BCUT2D eigenvalue weighted by Crippen LogP contribution is -2.48. The summed E-state index contributed by atoms with van der Waals surface area (Å²) in [6, 6.07) is 0. The van der Waals surface area contributed by atoms with Crippen LogP contribution in [0.1, 0.15) is 39.0 Å². The van der Waals surface area contributed by atoms with E-state index in [-0.39, 0.29) is 11.3 Å². The Morgan fingerprint density at radius 1 is 1.36 bits per heavy atom. The van der Waals surface area contributed by atoms with Crippen molar-refractivity contribution in [3.63, 3.8) is 0 Å². The Morgan fingerprint density at radius 2 is 1.93 bits per heavy atom. The third kappa shape index (κ3) is 3.21. The molecule has 0 atom stereocenters. The molecule has 0 bridgehead atoms. The number of rotatable bonds is 5. The SMILES string of the molecule is CCCS(=O)(=O)NC1(CBr)CCCC1. The molecule has 1 fully saturated rings. The lowest BCUT2D eigenvalue weighted by atomic mass is 10.0. The van der Waals surface area contributed by atoms with Crippen molar-refractivity contribution < 1.29 is 8.42 Å². The minimum absolute atomic E-state index is 0.200. The maximum absolute atomic E-state index is 11.6. The van der Waals surface area contributed by atoms with E-state index in [1.54, 1.807) is 0 Å². The lowest BCUT2D eigenvalue weighted by Gasteiger charge is -2.27. The highest BCUT2D eigenvalue weighted by Gasteiger charge is 2.36. The molecule has 84 valence electrons. The third-order valence-corrected chi connectivity index (χ3v) is 5.42. The van der Waals surface area contributed by atoms with E-state index in [0.717, 1.165) is 31.0 Å². The molecule has 1 rings (SSSR count). The first-order valence-electron chi connectivity index (χ1n) is 5.11. The van der Waals surface area contributed by atoms with Crippen LogP contribution in [-0.4, -0.2) is 25.0 Å². The molecule has 0 aromatic heterocycles. The molecule has 0 heterocycles. The monoisotopic (exact) mass is 283 g/mol. The quantitative estimate of drug-likeness (QED) is 0.785. The first-order chi connectivity index (χ1) is 6.54. The van der Waals surface area contributed by atoms with Crippen molar-refractivity contribution in [1.82, 2.24) is 4.72 Å². The molecule has 1 N–H and O–H groups in total. The second-order valence-corrected chi connectivity index (χ2v) is 6.44. The van der Waals surface area contributed by atoms with E-state index in [2.05, 4.69) is 20.7 Å². The van der Waals surface area contributed by atoms with Gasteiger partial charge in [0.2, 0.25) is 10.0 Å². The number of hydrogen-bond acceptors (Lipinski definition) is 2. The zero-order valence-corrected chi connectivity index (χ0v) is 11.0. The van der Waals surface area contributed by atoms with E-state index < -0.39 is 10.0 Å². The Hall–Kier alpha value is 0.390. The Morgan fingerprint density at radius 3 is 2.36 bits per heavy atom. The van der Waals surface area contributed by atoms with E-state index in [0.29, 0.717) is 6.42 Å². The average Bonchev–Trinajstić information content (AvgIpc) is 2.53. The Labute approximate surface area is 94.8 Å². The van der Waals surface area contributed by atoms with Gasteiger partial charge < -0.3 is 0 Å². The molecule has 5 heteroatoms. The summed E-state index contributed by atoms with van der Waals surface area (Å²) in [7, 11) is -3.07. The van der Waals surface area contributed by atoms with Gasteiger partial charge in [0.05, 0.1) is 5.75 Å². The van der Waals surface area contributed by atoms with E-state index in [1.807, 2.05) is 6.92 Å². The summed E-state index contributed by atoms with van der Waals surface area (Å²) < 4.78 is 26.1. The fourth-order valence-electron chi connectivity index (χ4n) is 1.96. The van der Waals surface area contributed by atoms with Crippen molar-refractivity contribution in [1.29, 1.82) is 0 Å². The summed E-state index contributed by atoms with van der Waals surface area (Å²) in [4.78, 5) is 0. The summed E-state index contributed by atoms with van der Waals surface area (Å²) in [5, 5.41) is 0.725. The largest absolute Gasteiger partial charge is 0.212 e. The van der Waals surface area contributed by atoms with Crippen LogP contribution in [0.5, 0.6) is 0 Å². The molecule has 14 heavy (non-hydrogen) atoms. The third-order valence-electron chi connectivity index (χ3n) is 2.66. The maximum Gasteiger partial charge on any atom is 0.212 e. The van der Waals surface area contributed by atoms with Gasteiger partial charge in [-0.1, -0.05) is 35.7 Å². The van der Waals surface area contributed by atoms with Crippen molar-refractivity contribution in [2.45, 2.75) is 44.6 Å².